The highest BCUT2D eigenvalue weighted by molar-refractivity contribution is 6.07. The first-order valence-corrected chi connectivity index (χ1v) is 13.6. The lowest BCUT2D eigenvalue weighted by atomic mass is 10.2. The number of ether oxygens (including phenoxy) is 1. The fourth-order valence-electron chi connectivity index (χ4n) is 5.45. The molecular weight excluding hydrogens is 478 g/mol. The molecule has 1 amide bonds. The molecule has 0 bridgehead atoms. The van der Waals surface area contributed by atoms with Crippen molar-refractivity contribution in [3.63, 3.8) is 0 Å². The van der Waals surface area contributed by atoms with Gasteiger partial charge in [0.1, 0.15) is 5.75 Å². The molecule has 0 radical (unpaired) electrons. The van der Waals surface area contributed by atoms with Crippen LogP contribution >= 0.6 is 0 Å². The molecule has 7 heteroatoms. The molecule has 38 heavy (non-hydrogen) atoms. The fourth-order valence-corrected chi connectivity index (χ4v) is 5.45. The third-order valence-corrected chi connectivity index (χ3v) is 7.33. The number of amides is 1. The second-order valence-electron chi connectivity index (χ2n) is 10.1. The van der Waals surface area contributed by atoms with Gasteiger partial charge in [0, 0.05) is 61.1 Å². The molecule has 5 rings (SSSR count). The third kappa shape index (κ3) is 6.18. The molecule has 1 fully saturated rings. The molecule has 0 spiro atoms. The summed E-state index contributed by atoms with van der Waals surface area (Å²) in [5.74, 6) is 0.716. The Labute approximate surface area is 223 Å². The average Bonchev–Trinajstić information content (AvgIpc) is 3.59. The lowest BCUT2D eigenvalue weighted by Crippen LogP contribution is -2.35. The number of para-hydroxylation sites is 2. The van der Waals surface area contributed by atoms with Gasteiger partial charge in [0.25, 0.3) is 5.91 Å². The first-order chi connectivity index (χ1) is 18.6. The molecular formula is C31H37N3O4. The Bertz CT molecular complexity index is 1290. The van der Waals surface area contributed by atoms with E-state index >= 15 is 0 Å². The van der Waals surface area contributed by atoms with E-state index < -0.39 is 6.10 Å². The second-order valence-corrected chi connectivity index (χ2v) is 10.1. The summed E-state index contributed by atoms with van der Waals surface area (Å²) in [5.41, 5.74) is 3.33. The molecule has 1 saturated heterocycles. The Morgan fingerprint density at radius 2 is 1.55 bits per heavy atom. The predicted octanol–water partition coefficient (Wildman–Crippen LogP) is 4.04. The van der Waals surface area contributed by atoms with Crippen molar-refractivity contribution in [3.05, 3.63) is 78.4 Å². The van der Waals surface area contributed by atoms with Crippen LogP contribution in [-0.4, -0.2) is 76.0 Å². The van der Waals surface area contributed by atoms with Crippen molar-refractivity contribution in [1.29, 1.82) is 0 Å². The molecule has 1 aliphatic rings. The summed E-state index contributed by atoms with van der Waals surface area (Å²) in [6.07, 6.45) is 2.20. The van der Waals surface area contributed by atoms with Crippen LogP contribution in [0.1, 0.15) is 24.8 Å². The summed E-state index contributed by atoms with van der Waals surface area (Å²) in [4.78, 5) is 16.3. The van der Waals surface area contributed by atoms with Gasteiger partial charge in [-0.05, 0) is 49.1 Å². The summed E-state index contributed by atoms with van der Waals surface area (Å²) < 4.78 is 7.92. The molecule has 1 aliphatic heterocycles. The zero-order valence-electron chi connectivity index (χ0n) is 21.8. The number of benzene rings is 3. The van der Waals surface area contributed by atoms with E-state index in [1.807, 2.05) is 53.4 Å². The van der Waals surface area contributed by atoms with Gasteiger partial charge < -0.3 is 24.4 Å². The van der Waals surface area contributed by atoms with Crippen molar-refractivity contribution >= 4 is 27.7 Å². The number of nitrogens with zero attached hydrogens (tertiary/aromatic N) is 3. The van der Waals surface area contributed by atoms with Gasteiger partial charge in [0.2, 0.25) is 0 Å². The summed E-state index contributed by atoms with van der Waals surface area (Å²) in [7, 11) is 0. The number of aliphatic hydroxyl groups is 2. The number of hydrogen-bond donors (Lipinski definition) is 2. The normalized spacial score (nSPS) is 14.6. The van der Waals surface area contributed by atoms with Gasteiger partial charge in [0.15, 0.2) is 6.61 Å². The molecule has 2 heterocycles. The van der Waals surface area contributed by atoms with Crippen molar-refractivity contribution in [2.24, 2.45) is 0 Å². The quantitative estimate of drug-likeness (QED) is 0.298. The van der Waals surface area contributed by atoms with Crippen LogP contribution in [0.3, 0.4) is 0 Å². The van der Waals surface area contributed by atoms with Crippen molar-refractivity contribution in [2.45, 2.75) is 38.5 Å². The van der Waals surface area contributed by atoms with Crippen molar-refractivity contribution in [3.8, 4) is 5.75 Å². The maximum Gasteiger partial charge on any atom is 0.260 e. The number of aliphatic hydroxyl groups excluding tert-OH is 2. The monoisotopic (exact) mass is 515 g/mol. The number of rotatable bonds is 12. The zero-order chi connectivity index (χ0) is 26.3. The average molecular weight is 516 g/mol. The minimum Gasteiger partial charge on any atom is -0.484 e. The van der Waals surface area contributed by atoms with E-state index in [-0.39, 0.29) is 19.1 Å². The van der Waals surface area contributed by atoms with Crippen molar-refractivity contribution < 1.29 is 19.7 Å². The Kier molecular flexibility index (Phi) is 8.58. The van der Waals surface area contributed by atoms with E-state index in [9.17, 15) is 15.0 Å². The van der Waals surface area contributed by atoms with Crippen LogP contribution in [0, 0.1) is 0 Å². The molecule has 2 N–H and O–H groups in total. The summed E-state index contributed by atoms with van der Waals surface area (Å²) >= 11 is 0. The standard InChI is InChI=1S/C31H37N3O4/c35-19-7-16-32(20-24-12-14-26(15-13-24)38-23-31(37)33-17-5-6-18-33)21-25(36)22-34-29-10-3-1-8-27(29)28-9-2-4-11-30(28)34/h1-4,8-15,25,35-36H,5-7,16-23H2/t25-/m1/s1. The van der Waals surface area contributed by atoms with E-state index in [1.165, 1.54) is 10.8 Å². The first kappa shape index (κ1) is 26.2. The maximum atomic E-state index is 12.2. The molecule has 3 aromatic carbocycles. The van der Waals surface area contributed by atoms with Gasteiger partial charge in [-0.3, -0.25) is 9.69 Å². The number of fused-ring (bicyclic) bond motifs is 3. The van der Waals surface area contributed by atoms with E-state index in [2.05, 4.69) is 33.7 Å². The molecule has 7 nitrogen and oxygen atoms in total. The first-order valence-electron chi connectivity index (χ1n) is 13.6. The topological polar surface area (TPSA) is 78.2 Å². The molecule has 0 saturated carbocycles. The van der Waals surface area contributed by atoms with Gasteiger partial charge in [0.05, 0.1) is 12.6 Å². The summed E-state index contributed by atoms with van der Waals surface area (Å²) in [5, 5.41) is 23.0. The fraction of sp³-hybridized carbons (Fsp3) is 0.387. The lowest BCUT2D eigenvalue weighted by molar-refractivity contribution is -0.132. The number of hydrogen-bond acceptors (Lipinski definition) is 5. The van der Waals surface area contributed by atoms with E-state index in [0.717, 1.165) is 42.5 Å². The van der Waals surface area contributed by atoms with Crippen LogP contribution in [0.5, 0.6) is 5.75 Å². The van der Waals surface area contributed by atoms with Gasteiger partial charge >= 0.3 is 0 Å². The Morgan fingerprint density at radius 3 is 2.18 bits per heavy atom. The highest BCUT2D eigenvalue weighted by Gasteiger charge is 2.19. The van der Waals surface area contributed by atoms with Crippen molar-refractivity contribution in [1.82, 2.24) is 14.4 Å². The van der Waals surface area contributed by atoms with E-state index in [4.69, 9.17) is 4.74 Å². The Morgan fingerprint density at radius 1 is 0.921 bits per heavy atom. The second kappa shape index (κ2) is 12.4. The Balaban J connectivity index is 1.22. The molecule has 4 aromatic rings. The summed E-state index contributed by atoms with van der Waals surface area (Å²) in [6, 6.07) is 24.4. The molecule has 1 atom stereocenters. The molecule has 0 unspecified atom stereocenters. The molecule has 200 valence electrons. The number of carbonyl (C=O) groups is 1. The lowest BCUT2D eigenvalue weighted by Gasteiger charge is -2.26. The van der Waals surface area contributed by atoms with Gasteiger partial charge in [-0.15, -0.1) is 0 Å². The van der Waals surface area contributed by atoms with Crippen LogP contribution in [0.25, 0.3) is 21.8 Å². The third-order valence-electron chi connectivity index (χ3n) is 7.33. The minimum atomic E-state index is -0.577. The molecule has 0 aliphatic carbocycles. The van der Waals surface area contributed by atoms with Crippen LogP contribution in [0.2, 0.25) is 0 Å². The Hall–Kier alpha value is -3.39. The van der Waals surface area contributed by atoms with Crippen LogP contribution in [0.4, 0.5) is 0 Å². The number of carbonyl (C=O) groups excluding carboxylic acids is 1. The van der Waals surface area contributed by atoms with E-state index in [0.29, 0.717) is 38.3 Å². The number of likely N-dealkylation sites (tertiary alicyclic amines) is 1. The van der Waals surface area contributed by atoms with Gasteiger partial charge in [-0.25, -0.2) is 0 Å². The SMILES string of the molecule is O=C(COc1ccc(CN(CCCO)C[C@@H](O)Cn2c3ccccc3c3ccccc32)cc1)N1CCCC1. The van der Waals surface area contributed by atoms with Crippen LogP contribution in [0.15, 0.2) is 72.8 Å². The smallest absolute Gasteiger partial charge is 0.260 e. The summed E-state index contributed by atoms with van der Waals surface area (Å²) in [6.45, 7) is 4.14. The predicted molar refractivity (Wildman–Crippen MR) is 150 cm³/mol. The van der Waals surface area contributed by atoms with Gasteiger partial charge in [-0.2, -0.15) is 0 Å². The van der Waals surface area contributed by atoms with Crippen LogP contribution < -0.4 is 4.74 Å². The molecule has 1 aromatic heterocycles. The highest BCUT2D eigenvalue weighted by Crippen LogP contribution is 2.29. The van der Waals surface area contributed by atoms with Crippen LogP contribution in [-0.2, 0) is 17.9 Å². The van der Waals surface area contributed by atoms with Gasteiger partial charge in [-0.1, -0.05) is 48.5 Å². The highest BCUT2D eigenvalue weighted by atomic mass is 16.5. The minimum absolute atomic E-state index is 0.0407. The maximum absolute atomic E-state index is 12.2. The van der Waals surface area contributed by atoms with E-state index in [1.54, 1.807) is 0 Å². The number of aromatic nitrogens is 1. The largest absolute Gasteiger partial charge is 0.484 e. The zero-order valence-corrected chi connectivity index (χ0v) is 21.8. The van der Waals surface area contributed by atoms with Crippen molar-refractivity contribution in [2.75, 3.05) is 39.4 Å².